The number of likely N-dealkylation sites (tertiary alicyclic amines) is 1. The second-order valence-electron chi connectivity index (χ2n) is 6.80. The molecule has 1 aromatic carbocycles. The van der Waals surface area contributed by atoms with Crippen LogP contribution in [0.5, 0.6) is 5.75 Å². The van der Waals surface area contributed by atoms with Crippen molar-refractivity contribution >= 4 is 5.91 Å². The van der Waals surface area contributed by atoms with Crippen molar-refractivity contribution in [1.29, 1.82) is 0 Å². The van der Waals surface area contributed by atoms with E-state index in [2.05, 4.69) is 29.4 Å². The maximum Gasteiger partial charge on any atom is 0.254 e. The van der Waals surface area contributed by atoms with Crippen molar-refractivity contribution in [3.63, 3.8) is 0 Å². The maximum atomic E-state index is 13.2. The molecule has 2 heterocycles. The average molecular weight is 343 g/mol. The van der Waals surface area contributed by atoms with Crippen molar-refractivity contribution in [2.45, 2.75) is 45.6 Å². The number of ether oxygens (including phenoxy) is 1. The number of methoxy groups -OCH3 is 1. The van der Waals surface area contributed by atoms with Gasteiger partial charge in [-0.05, 0) is 47.4 Å². The number of nitrogens with zero attached hydrogens (tertiary/aromatic N) is 5. The van der Waals surface area contributed by atoms with Crippen molar-refractivity contribution in [2.75, 3.05) is 13.7 Å². The summed E-state index contributed by atoms with van der Waals surface area (Å²) in [4.78, 5) is 15.3. The molecule has 134 valence electrons. The van der Waals surface area contributed by atoms with E-state index in [0.717, 1.165) is 19.4 Å². The largest absolute Gasteiger partial charge is 0.494 e. The van der Waals surface area contributed by atoms with E-state index in [1.165, 1.54) is 23.9 Å². The van der Waals surface area contributed by atoms with E-state index in [-0.39, 0.29) is 11.9 Å². The molecule has 2 aromatic rings. The van der Waals surface area contributed by atoms with Crippen LogP contribution in [0.1, 0.15) is 49.9 Å². The lowest BCUT2D eigenvalue weighted by Crippen LogP contribution is -2.42. The summed E-state index contributed by atoms with van der Waals surface area (Å²) in [5.74, 6) is 1.14. The van der Waals surface area contributed by atoms with E-state index in [1.54, 1.807) is 19.2 Å². The SMILES string of the molecule is COc1ccc(C(=O)N2CCCCCC2C(C)C)cc1-n1cnnn1. The summed E-state index contributed by atoms with van der Waals surface area (Å²) in [5.41, 5.74) is 1.30. The van der Waals surface area contributed by atoms with E-state index in [1.807, 2.05) is 11.0 Å². The second kappa shape index (κ2) is 7.63. The smallest absolute Gasteiger partial charge is 0.254 e. The van der Waals surface area contributed by atoms with Crippen LogP contribution in [0.15, 0.2) is 24.5 Å². The number of hydrogen-bond donors (Lipinski definition) is 0. The number of hydrogen-bond acceptors (Lipinski definition) is 5. The van der Waals surface area contributed by atoms with Crippen LogP contribution < -0.4 is 4.74 Å². The Labute approximate surface area is 148 Å². The fraction of sp³-hybridized carbons (Fsp3) is 0.556. The minimum absolute atomic E-state index is 0.0672. The molecule has 1 atom stereocenters. The highest BCUT2D eigenvalue weighted by Gasteiger charge is 2.28. The Balaban J connectivity index is 1.94. The molecular formula is C18H25N5O2. The molecule has 0 N–H and O–H groups in total. The molecule has 1 amide bonds. The summed E-state index contributed by atoms with van der Waals surface area (Å²) in [5, 5.41) is 11.3. The molecule has 7 heteroatoms. The number of rotatable bonds is 4. The highest BCUT2D eigenvalue weighted by molar-refractivity contribution is 5.95. The molecule has 3 rings (SSSR count). The van der Waals surface area contributed by atoms with E-state index < -0.39 is 0 Å². The van der Waals surface area contributed by atoms with Gasteiger partial charge in [-0.15, -0.1) is 5.10 Å². The van der Waals surface area contributed by atoms with Crippen molar-refractivity contribution < 1.29 is 9.53 Å². The predicted octanol–water partition coefficient (Wildman–Crippen LogP) is 2.71. The molecule has 7 nitrogen and oxygen atoms in total. The molecule has 25 heavy (non-hydrogen) atoms. The Morgan fingerprint density at radius 2 is 2.12 bits per heavy atom. The van der Waals surface area contributed by atoms with Crippen LogP contribution in [-0.2, 0) is 0 Å². The van der Waals surface area contributed by atoms with Gasteiger partial charge in [0.1, 0.15) is 17.8 Å². The van der Waals surface area contributed by atoms with Crippen LogP contribution in [0.25, 0.3) is 5.69 Å². The molecule has 0 radical (unpaired) electrons. The first-order valence-electron chi connectivity index (χ1n) is 8.84. The summed E-state index contributed by atoms with van der Waals surface area (Å²) < 4.78 is 6.90. The summed E-state index contributed by atoms with van der Waals surface area (Å²) in [7, 11) is 1.59. The van der Waals surface area contributed by atoms with Gasteiger partial charge in [0.2, 0.25) is 0 Å². The fourth-order valence-electron chi connectivity index (χ4n) is 3.52. The van der Waals surface area contributed by atoms with E-state index in [4.69, 9.17) is 4.74 Å². The third kappa shape index (κ3) is 3.65. The molecule has 1 aliphatic heterocycles. The Kier molecular flexibility index (Phi) is 5.31. The topological polar surface area (TPSA) is 73.1 Å². The van der Waals surface area contributed by atoms with Gasteiger partial charge in [-0.1, -0.05) is 26.7 Å². The monoisotopic (exact) mass is 343 g/mol. The van der Waals surface area contributed by atoms with Crippen LogP contribution in [-0.4, -0.2) is 50.7 Å². The lowest BCUT2D eigenvalue weighted by molar-refractivity contribution is 0.0632. The van der Waals surface area contributed by atoms with E-state index in [0.29, 0.717) is 22.9 Å². The molecule has 1 unspecified atom stereocenters. The summed E-state index contributed by atoms with van der Waals surface area (Å²) >= 11 is 0. The van der Waals surface area contributed by atoms with E-state index >= 15 is 0 Å². The molecule has 1 saturated heterocycles. The van der Waals surface area contributed by atoms with Gasteiger partial charge in [0.05, 0.1) is 7.11 Å². The normalized spacial score (nSPS) is 18.2. The lowest BCUT2D eigenvalue weighted by atomic mass is 9.97. The van der Waals surface area contributed by atoms with Crippen LogP contribution >= 0.6 is 0 Å². The van der Waals surface area contributed by atoms with E-state index in [9.17, 15) is 4.79 Å². The molecular weight excluding hydrogens is 318 g/mol. The van der Waals surface area contributed by atoms with Crippen LogP contribution in [0.2, 0.25) is 0 Å². The predicted molar refractivity (Wildman–Crippen MR) is 93.8 cm³/mol. The van der Waals surface area contributed by atoms with Gasteiger partial charge in [0.25, 0.3) is 5.91 Å². The number of benzene rings is 1. The maximum absolute atomic E-state index is 13.2. The number of carbonyl (C=O) groups is 1. The molecule has 1 aromatic heterocycles. The number of aromatic nitrogens is 4. The van der Waals surface area contributed by atoms with Crippen molar-refractivity contribution in [1.82, 2.24) is 25.1 Å². The quantitative estimate of drug-likeness (QED) is 0.853. The Hall–Kier alpha value is -2.44. The number of tetrazole rings is 1. The zero-order chi connectivity index (χ0) is 17.8. The first-order chi connectivity index (χ1) is 12.1. The Morgan fingerprint density at radius 1 is 1.28 bits per heavy atom. The number of carbonyl (C=O) groups excluding carboxylic acids is 1. The van der Waals surface area contributed by atoms with Crippen LogP contribution in [0, 0.1) is 5.92 Å². The van der Waals surface area contributed by atoms with Gasteiger partial charge in [0, 0.05) is 18.2 Å². The standard InChI is InChI=1S/C18H25N5O2/c1-13(2)15-7-5-4-6-10-22(15)18(24)14-8-9-17(25-3)16(11-14)23-12-19-20-21-23/h8-9,11-13,15H,4-7,10H2,1-3H3. The highest BCUT2D eigenvalue weighted by Crippen LogP contribution is 2.27. The average Bonchev–Trinajstić information content (AvgIpc) is 3.04. The Bertz CT molecular complexity index is 714. The first kappa shape index (κ1) is 17.4. The van der Waals surface area contributed by atoms with Crippen molar-refractivity contribution in [3.05, 3.63) is 30.1 Å². The number of amides is 1. The third-order valence-electron chi connectivity index (χ3n) is 4.85. The highest BCUT2D eigenvalue weighted by atomic mass is 16.5. The molecule has 0 aliphatic carbocycles. The molecule has 1 aliphatic rings. The van der Waals surface area contributed by atoms with Gasteiger partial charge < -0.3 is 9.64 Å². The lowest BCUT2D eigenvalue weighted by Gasteiger charge is -2.33. The zero-order valence-electron chi connectivity index (χ0n) is 15.1. The van der Waals surface area contributed by atoms with Gasteiger partial charge >= 0.3 is 0 Å². The minimum Gasteiger partial charge on any atom is -0.494 e. The molecule has 0 saturated carbocycles. The summed E-state index contributed by atoms with van der Waals surface area (Å²) in [6, 6.07) is 5.71. The minimum atomic E-state index is 0.0672. The molecule has 1 fully saturated rings. The zero-order valence-corrected chi connectivity index (χ0v) is 15.1. The first-order valence-corrected chi connectivity index (χ1v) is 8.84. The summed E-state index contributed by atoms with van der Waals surface area (Å²) in [6.45, 7) is 5.20. The van der Waals surface area contributed by atoms with Gasteiger partial charge in [-0.25, -0.2) is 0 Å². The van der Waals surface area contributed by atoms with Crippen LogP contribution in [0.3, 0.4) is 0 Å². The molecule has 0 spiro atoms. The van der Waals surface area contributed by atoms with Gasteiger partial charge in [0.15, 0.2) is 0 Å². The fourth-order valence-corrected chi connectivity index (χ4v) is 3.52. The van der Waals surface area contributed by atoms with Crippen LogP contribution in [0.4, 0.5) is 0 Å². The Morgan fingerprint density at radius 3 is 2.80 bits per heavy atom. The van der Waals surface area contributed by atoms with Gasteiger partial charge in [-0.2, -0.15) is 4.68 Å². The van der Waals surface area contributed by atoms with Gasteiger partial charge in [-0.3, -0.25) is 4.79 Å². The molecule has 0 bridgehead atoms. The van der Waals surface area contributed by atoms with Crippen molar-refractivity contribution in [2.24, 2.45) is 5.92 Å². The third-order valence-corrected chi connectivity index (χ3v) is 4.85. The second-order valence-corrected chi connectivity index (χ2v) is 6.80. The summed E-state index contributed by atoms with van der Waals surface area (Å²) in [6.07, 6.45) is 6.00. The van der Waals surface area contributed by atoms with Crippen molar-refractivity contribution in [3.8, 4) is 11.4 Å².